The SMILES string of the molecule is O=C1[C@@H]2[C@@H](C(=O)N1/N=C\c1cccc(Br)c1)[C@H]1C=C[C@H]2CC1. The van der Waals surface area contributed by atoms with Crippen LogP contribution in [0.25, 0.3) is 0 Å². The van der Waals surface area contributed by atoms with E-state index in [2.05, 4.69) is 33.2 Å². The minimum Gasteiger partial charge on any atom is -0.272 e. The van der Waals surface area contributed by atoms with Crippen LogP contribution >= 0.6 is 15.9 Å². The van der Waals surface area contributed by atoms with E-state index < -0.39 is 0 Å². The highest BCUT2D eigenvalue weighted by Gasteiger charge is 2.56. The van der Waals surface area contributed by atoms with Gasteiger partial charge in [0.1, 0.15) is 0 Å². The number of carbonyl (C=O) groups is 2. The molecule has 0 radical (unpaired) electrons. The van der Waals surface area contributed by atoms with Crippen molar-refractivity contribution in [3.05, 3.63) is 46.5 Å². The van der Waals surface area contributed by atoms with Crippen molar-refractivity contribution in [2.45, 2.75) is 12.8 Å². The Hall–Kier alpha value is -1.75. The molecule has 3 aliphatic carbocycles. The lowest BCUT2D eigenvalue weighted by molar-refractivity contribution is -0.140. The van der Waals surface area contributed by atoms with Crippen molar-refractivity contribution in [2.24, 2.45) is 28.8 Å². The fraction of sp³-hybridized carbons (Fsp3) is 0.353. The van der Waals surface area contributed by atoms with E-state index in [1.807, 2.05) is 24.3 Å². The predicted octanol–water partition coefficient (Wildman–Crippen LogP) is 2.98. The molecule has 1 heterocycles. The number of halogens is 1. The average molecular weight is 359 g/mol. The Labute approximate surface area is 137 Å². The van der Waals surface area contributed by atoms with E-state index in [9.17, 15) is 9.59 Å². The first-order valence-corrected chi connectivity index (χ1v) is 8.30. The summed E-state index contributed by atoms with van der Waals surface area (Å²) >= 11 is 3.40. The van der Waals surface area contributed by atoms with Gasteiger partial charge in [0.2, 0.25) is 0 Å². The van der Waals surface area contributed by atoms with Gasteiger partial charge in [-0.1, -0.05) is 40.2 Å². The van der Waals surface area contributed by atoms with Gasteiger partial charge >= 0.3 is 0 Å². The Morgan fingerprint density at radius 1 is 1.09 bits per heavy atom. The Balaban J connectivity index is 1.61. The van der Waals surface area contributed by atoms with Gasteiger partial charge in [-0.3, -0.25) is 9.59 Å². The molecule has 112 valence electrons. The van der Waals surface area contributed by atoms with E-state index >= 15 is 0 Å². The van der Waals surface area contributed by atoms with Crippen LogP contribution in [-0.2, 0) is 9.59 Å². The van der Waals surface area contributed by atoms with Gasteiger partial charge in [0.15, 0.2) is 0 Å². The lowest BCUT2D eigenvalue weighted by Crippen LogP contribution is -2.38. The molecule has 5 heteroatoms. The van der Waals surface area contributed by atoms with E-state index in [-0.39, 0.29) is 35.5 Å². The Morgan fingerprint density at radius 2 is 1.73 bits per heavy atom. The third kappa shape index (κ3) is 2.07. The molecule has 1 saturated heterocycles. The van der Waals surface area contributed by atoms with Crippen LogP contribution < -0.4 is 0 Å². The summed E-state index contributed by atoms with van der Waals surface area (Å²) < 4.78 is 0.937. The second kappa shape index (κ2) is 5.16. The van der Waals surface area contributed by atoms with Gasteiger partial charge in [0, 0.05) is 4.47 Å². The highest BCUT2D eigenvalue weighted by atomic mass is 79.9. The standard InChI is InChI=1S/C17H15BrN2O2/c18-13-3-1-2-10(8-13)9-19-20-16(21)14-11-4-5-12(7-6-11)15(14)17(20)22/h1-5,8-9,11-12,14-15H,6-7H2/b19-9-/t11-,12-,14-,15-/m0/s1. The number of hydrogen-bond donors (Lipinski definition) is 0. The van der Waals surface area contributed by atoms with E-state index in [4.69, 9.17) is 0 Å². The minimum atomic E-state index is -0.198. The average Bonchev–Trinajstić information content (AvgIpc) is 2.80. The highest BCUT2D eigenvalue weighted by molar-refractivity contribution is 9.10. The Morgan fingerprint density at radius 3 is 2.27 bits per heavy atom. The largest absolute Gasteiger partial charge is 0.272 e. The lowest BCUT2D eigenvalue weighted by Gasteiger charge is -2.37. The van der Waals surface area contributed by atoms with Crippen molar-refractivity contribution in [3.63, 3.8) is 0 Å². The van der Waals surface area contributed by atoms with Gasteiger partial charge in [-0.05, 0) is 42.4 Å². The number of benzene rings is 1. The van der Waals surface area contributed by atoms with Crippen LogP contribution in [0.15, 0.2) is 46.0 Å². The summed E-state index contributed by atoms with van der Waals surface area (Å²) in [5, 5.41) is 5.27. The molecule has 1 aliphatic heterocycles. The molecule has 2 fully saturated rings. The number of fused-ring (bicyclic) bond motifs is 1. The molecule has 0 unspecified atom stereocenters. The number of rotatable bonds is 2. The van der Waals surface area contributed by atoms with Gasteiger partial charge in [-0.2, -0.15) is 10.1 Å². The van der Waals surface area contributed by atoms with E-state index in [0.29, 0.717) is 0 Å². The summed E-state index contributed by atoms with van der Waals surface area (Å²) in [7, 11) is 0. The Kier molecular flexibility index (Phi) is 3.26. The molecule has 0 spiro atoms. The van der Waals surface area contributed by atoms with Crippen molar-refractivity contribution in [1.29, 1.82) is 0 Å². The van der Waals surface area contributed by atoms with Crippen LogP contribution in [0.2, 0.25) is 0 Å². The number of hydrazone groups is 1. The maximum atomic E-state index is 12.6. The molecule has 1 aromatic carbocycles. The van der Waals surface area contributed by atoms with Crippen LogP contribution in [0.4, 0.5) is 0 Å². The fourth-order valence-corrected chi connectivity index (χ4v) is 4.30. The zero-order valence-corrected chi connectivity index (χ0v) is 13.4. The molecule has 4 atom stereocenters. The number of amides is 2. The van der Waals surface area contributed by atoms with Gasteiger partial charge < -0.3 is 0 Å². The number of nitrogens with zero attached hydrogens (tertiary/aromatic N) is 2. The molecule has 22 heavy (non-hydrogen) atoms. The normalized spacial score (nSPS) is 33.0. The quantitative estimate of drug-likeness (QED) is 0.463. The molecule has 0 aromatic heterocycles. The number of imide groups is 1. The predicted molar refractivity (Wildman–Crippen MR) is 85.9 cm³/mol. The summed E-state index contributed by atoms with van der Waals surface area (Å²) in [6.07, 6.45) is 7.81. The van der Waals surface area contributed by atoms with Crippen molar-refractivity contribution >= 4 is 34.0 Å². The molecule has 4 nitrogen and oxygen atoms in total. The van der Waals surface area contributed by atoms with Gasteiger partial charge in [-0.25, -0.2) is 0 Å². The van der Waals surface area contributed by atoms with Crippen LogP contribution in [0.5, 0.6) is 0 Å². The van der Waals surface area contributed by atoms with Crippen molar-refractivity contribution in [3.8, 4) is 0 Å². The third-order valence-corrected chi connectivity index (χ3v) is 5.40. The first-order valence-electron chi connectivity index (χ1n) is 7.51. The maximum absolute atomic E-state index is 12.6. The zero-order chi connectivity index (χ0) is 15.3. The van der Waals surface area contributed by atoms with Crippen molar-refractivity contribution in [1.82, 2.24) is 5.01 Å². The van der Waals surface area contributed by atoms with Crippen LogP contribution in [-0.4, -0.2) is 23.0 Å². The van der Waals surface area contributed by atoms with Crippen molar-refractivity contribution in [2.75, 3.05) is 0 Å². The van der Waals surface area contributed by atoms with Gasteiger partial charge in [-0.15, -0.1) is 0 Å². The van der Waals surface area contributed by atoms with E-state index in [1.54, 1.807) is 6.21 Å². The second-order valence-electron chi connectivity index (χ2n) is 6.13. The van der Waals surface area contributed by atoms with E-state index in [1.165, 1.54) is 0 Å². The van der Waals surface area contributed by atoms with Crippen LogP contribution in [0, 0.1) is 23.7 Å². The second-order valence-corrected chi connectivity index (χ2v) is 7.05. The number of allylic oxidation sites excluding steroid dienone is 2. The third-order valence-electron chi connectivity index (χ3n) is 4.91. The monoisotopic (exact) mass is 358 g/mol. The lowest BCUT2D eigenvalue weighted by atomic mass is 9.63. The molecule has 0 N–H and O–H groups in total. The fourth-order valence-electron chi connectivity index (χ4n) is 3.88. The van der Waals surface area contributed by atoms with Gasteiger partial charge in [0.25, 0.3) is 11.8 Å². The molecule has 2 amide bonds. The summed E-state index contributed by atoms with van der Waals surface area (Å²) in [4.78, 5) is 25.2. The van der Waals surface area contributed by atoms with Crippen LogP contribution in [0.1, 0.15) is 18.4 Å². The number of hydrogen-bond acceptors (Lipinski definition) is 3. The summed E-state index contributed by atoms with van der Waals surface area (Å²) in [5.41, 5.74) is 0.853. The molecule has 2 bridgehead atoms. The number of carbonyl (C=O) groups excluding carboxylic acids is 2. The zero-order valence-electron chi connectivity index (χ0n) is 11.9. The smallest absolute Gasteiger partial charge is 0.254 e. The summed E-state index contributed by atoms with van der Waals surface area (Å²) in [5.74, 6) is -0.262. The van der Waals surface area contributed by atoms with Crippen molar-refractivity contribution < 1.29 is 9.59 Å². The molecular weight excluding hydrogens is 344 g/mol. The van der Waals surface area contributed by atoms with Gasteiger partial charge in [0.05, 0.1) is 18.1 Å². The molecular formula is C17H15BrN2O2. The topological polar surface area (TPSA) is 49.7 Å². The Bertz CT molecular complexity index is 680. The highest BCUT2D eigenvalue weighted by Crippen LogP contribution is 2.49. The molecule has 4 aliphatic rings. The first kappa shape index (κ1) is 13.9. The maximum Gasteiger partial charge on any atom is 0.254 e. The molecule has 1 aromatic rings. The summed E-state index contributed by atoms with van der Waals surface area (Å²) in [6.45, 7) is 0. The molecule has 1 saturated carbocycles. The first-order chi connectivity index (χ1) is 10.6. The molecule has 5 rings (SSSR count). The summed E-state index contributed by atoms with van der Waals surface area (Å²) in [6, 6.07) is 7.59. The van der Waals surface area contributed by atoms with Crippen LogP contribution in [0.3, 0.4) is 0 Å². The minimum absolute atomic E-state index is 0.139. The van der Waals surface area contributed by atoms with E-state index in [0.717, 1.165) is 27.9 Å².